The maximum atomic E-state index is 5.24. The highest BCUT2D eigenvalue weighted by molar-refractivity contribution is 6.16. The molecule has 3 nitrogen and oxygen atoms in total. The lowest BCUT2D eigenvalue weighted by atomic mass is 9.86. The van der Waals surface area contributed by atoms with Crippen LogP contribution < -0.4 is 5.32 Å². The topological polar surface area (TPSA) is 29.3 Å². The predicted molar refractivity (Wildman–Crippen MR) is 214 cm³/mol. The van der Waals surface area contributed by atoms with Crippen LogP contribution in [0.5, 0.6) is 0 Å². The summed E-state index contributed by atoms with van der Waals surface area (Å²) in [5.74, 6) is 0. The Kier molecular flexibility index (Phi) is 7.02. The first-order valence-electron chi connectivity index (χ1n) is 17.8. The molecule has 10 rings (SSSR count). The summed E-state index contributed by atoms with van der Waals surface area (Å²) in [5, 5.41) is 6.45. The minimum absolute atomic E-state index is 0.120. The Balaban J connectivity index is 1.24. The summed E-state index contributed by atoms with van der Waals surface area (Å²) in [7, 11) is 0. The van der Waals surface area contributed by atoms with E-state index in [1.807, 2.05) is 0 Å². The van der Waals surface area contributed by atoms with Crippen LogP contribution in [-0.2, 0) is 6.42 Å². The molecule has 0 amide bonds. The normalized spacial score (nSPS) is 14.9. The Bertz CT molecular complexity index is 2650. The van der Waals surface area contributed by atoms with Gasteiger partial charge in [0.2, 0.25) is 0 Å². The molecule has 0 saturated carbocycles. The highest BCUT2D eigenvalue weighted by Crippen LogP contribution is 2.44. The molecular weight excluding hydrogens is 619 g/mol. The van der Waals surface area contributed by atoms with Crippen molar-refractivity contribution in [3.05, 3.63) is 192 Å². The number of para-hydroxylation sites is 2. The average Bonchev–Trinajstić information content (AvgIpc) is 3.55. The molecule has 3 heteroatoms. The SMILES string of the molecule is C1=Cc2c(c(-c3ccccc3)cc3c2c2ccc(-c4ccccc4)cc2n3-c2cccc(C3Nc4ccccc4N=C3c3ccccc3)c2)CC1. The van der Waals surface area contributed by atoms with Crippen LogP contribution >= 0.6 is 0 Å². The van der Waals surface area contributed by atoms with E-state index in [2.05, 4.69) is 186 Å². The zero-order valence-corrected chi connectivity index (χ0v) is 28.1. The molecule has 1 N–H and O–H groups in total. The van der Waals surface area contributed by atoms with Crippen LogP contribution in [0.4, 0.5) is 11.4 Å². The van der Waals surface area contributed by atoms with Gasteiger partial charge in [0, 0.05) is 16.5 Å². The van der Waals surface area contributed by atoms with E-state index < -0.39 is 0 Å². The van der Waals surface area contributed by atoms with E-state index in [-0.39, 0.29) is 6.04 Å². The van der Waals surface area contributed by atoms with E-state index in [0.29, 0.717) is 0 Å². The maximum absolute atomic E-state index is 5.24. The minimum Gasteiger partial charge on any atom is -0.371 e. The Morgan fingerprint density at radius 1 is 0.588 bits per heavy atom. The van der Waals surface area contributed by atoms with Crippen LogP contribution in [-0.4, -0.2) is 10.3 Å². The number of aromatic nitrogens is 1. The summed E-state index contributed by atoms with van der Waals surface area (Å²) in [4.78, 5) is 5.24. The van der Waals surface area contributed by atoms with Crippen molar-refractivity contribution < 1.29 is 0 Å². The number of rotatable bonds is 5. The smallest absolute Gasteiger partial charge is 0.0947 e. The van der Waals surface area contributed by atoms with Crippen LogP contribution in [0.2, 0.25) is 0 Å². The molecule has 0 saturated heterocycles. The lowest BCUT2D eigenvalue weighted by Gasteiger charge is -2.28. The number of hydrogen-bond donors (Lipinski definition) is 1. The lowest BCUT2D eigenvalue weighted by molar-refractivity contribution is 0.991. The van der Waals surface area contributed by atoms with E-state index in [9.17, 15) is 0 Å². The number of fused-ring (bicyclic) bond motifs is 6. The van der Waals surface area contributed by atoms with Crippen LogP contribution in [0.15, 0.2) is 175 Å². The first kappa shape index (κ1) is 29.5. The quantitative estimate of drug-likeness (QED) is 0.197. The number of nitrogens with one attached hydrogen (secondary N) is 1. The molecule has 2 heterocycles. The minimum atomic E-state index is -0.120. The molecule has 7 aromatic carbocycles. The second-order valence-corrected chi connectivity index (χ2v) is 13.5. The van der Waals surface area contributed by atoms with Crippen LogP contribution in [0.1, 0.15) is 34.7 Å². The third kappa shape index (κ3) is 5.01. The third-order valence-corrected chi connectivity index (χ3v) is 10.5. The van der Waals surface area contributed by atoms with Crippen molar-refractivity contribution in [1.29, 1.82) is 0 Å². The summed E-state index contributed by atoms with van der Waals surface area (Å²) < 4.78 is 2.49. The molecule has 8 aromatic rings. The summed E-state index contributed by atoms with van der Waals surface area (Å²) in [5.41, 5.74) is 16.6. The molecule has 1 aliphatic carbocycles. The first-order valence-corrected chi connectivity index (χ1v) is 17.8. The Morgan fingerprint density at radius 3 is 2.12 bits per heavy atom. The van der Waals surface area contributed by atoms with Crippen LogP contribution in [0, 0.1) is 0 Å². The van der Waals surface area contributed by atoms with Gasteiger partial charge in [-0.25, -0.2) is 4.99 Å². The van der Waals surface area contributed by atoms with E-state index in [4.69, 9.17) is 4.99 Å². The van der Waals surface area contributed by atoms with E-state index in [0.717, 1.165) is 41.2 Å². The molecule has 1 unspecified atom stereocenters. The largest absolute Gasteiger partial charge is 0.371 e. The molecule has 0 spiro atoms. The second-order valence-electron chi connectivity index (χ2n) is 13.5. The molecule has 0 radical (unpaired) electrons. The number of allylic oxidation sites excluding steroid dienone is 1. The van der Waals surface area contributed by atoms with Crippen molar-refractivity contribution in [3.63, 3.8) is 0 Å². The fourth-order valence-electron chi connectivity index (χ4n) is 8.13. The zero-order chi connectivity index (χ0) is 33.7. The zero-order valence-electron chi connectivity index (χ0n) is 28.1. The molecule has 0 fully saturated rings. The number of aliphatic imine (C=N–C) groups is 1. The van der Waals surface area contributed by atoms with Gasteiger partial charge in [0.05, 0.1) is 34.2 Å². The van der Waals surface area contributed by atoms with Crippen LogP contribution in [0.25, 0.3) is 55.8 Å². The number of nitrogens with zero attached hydrogens (tertiary/aromatic N) is 2. The van der Waals surface area contributed by atoms with Gasteiger partial charge in [-0.3, -0.25) is 0 Å². The van der Waals surface area contributed by atoms with E-state index in [1.54, 1.807) is 0 Å². The summed E-state index contributed by atoms with van der Waals surface area (Å²) in [6.07, 6.45) is 6.80. The van der Waals surface area contributed by atoms with E-state index in [1.165, 1.54) is 60.8 Å². The monoisotopic (exact) mass is 653 g/mol. The summed E-state index contributed by atoms with van der Waals surface area (Å²) >= 11 is 0. The fourth-order valence-corrected chi connectivity index (χ4v) is 8.13. The lowest BCUT2D eigenvalue weighted by Crippen LogP contribution is -2.25. The summed E-state index contributed by atoms with van der Waals surface area (Å²) in [6.45, 7) is 0. The van der Waals surface area contributed by atoms with Gasteiger partial charge >= 0.3 is 0 Å². The van der Waals surface area contributed by atoms with Gasteiger partial charge in [-0.1, -0.05) is 140 Å². The third-order valence-electron chi connectivity index (χ3n) is 10.5. The maximum Gasteiger partial charge on any atom is 0.0947 e. The van der Waals surface area contributed by atoms with Crippen molar-refractivity contribution in [2.45, 2.75) is 18.9 Å². The molecular formula is C48H35N3. The predicted octanol–water partition coefficient (Wildman–Crippen LogP) is 12.4. The van der Waals surface area contributed by atoms with Gasteiger partial charge in [-0.05, 0) is 93.7 Å². The van der Waals surface area contributed by atoms with E-state index >= 15 is 0 Å². The van der Waals surface area contributed by atoms with Gasteiger partial charge in [-0.2, -0.15) is 0 Å². The van der Waals surface area contributed by atoms with Gasteiger partial charge in [0.1, 0.15) is 0 Å². The number of benzene rings is 7. The molecule has 51 heavy (non-hydrogen) atoms. The molecule has 0 bridgehead atoms. The average molecular weight is 654 g/mol. The number of anilines is 1. The van der Waals surface area contributed by atoms with Crippen molar-refractivity contribution in [2.75, 3.05) is 5.32 Å². The molecule has 2 aliphatic rings. The van der Waals surface area contributed by atoms with Crippen molar-refractivity contribution in [3.8, 4) is 27.9 Å². The molecule has 242 valence electrons. The Labute approximate surface area is 297 Å². The van der Waals surface area contributed by atoms with Crippen LogP contribution in [0.3, 0.4) is 0 Å². The van der Waals surface area contributed by atoms with Gasteiger partial charge in [-0.15, -0.1) is 0 Å². The van der Waals surface area contributed by atoms with Crippen molar-refractivity contribution >= 4 is 45.0 Å². The Morgan fingerprint density at radius 2 is 1.31 bits per heavy atom. The van der Waals surface area contributed by atoms with Crippen molar-refractivity contribution in [1.82, 2.24) is 4.57 Å². The highest BCUT2D eigenvalue weighted by Gasteiger charge is 2.27. The van der Waals surface area contributed by atoms with Gasteiger partial charge in [0.15, 0.2) is 0 Å². The van der Waals surface area contributed by atoms with Gasteiger partial charge < -0.3 is 9.88 Å². The Hall–Kier alpha value is -6.45. The molecule has 1 aromatic heterocycles. The molecule has 1 atom stereocenters. The second kappa shape index (κ2) is 12.2. The molecule has 1 aliphatic heterocycles. The van der Waals surface area contributed by atoms with Gasteiger partial charge in [0.25, 0.3) is 0 Å². The number of hydrogen-bond acceptors (Lipinski definition) is 2. The highest BCUT2D eigenvalue weighted by atomic mass is 15.0. The first-order chi connectivity index (χ1) is 25.3. The summed E-state index contributed by atoms with van der Waals surface area (Å²) in [6, 6.07) is 58.9. The van der Waals surface area contributed by atoms with Crippen molar-refractivity contribution in [2.24, 2.45) is 4.99 Å². The standard InChI is InChI=1S/C48H35N3/c1-4-15-32(16-5-1)35-27-28-40-44(30-35)51(45-31-41(33-17-6-2-7-18-33)38-23-10-11-24-39(38)46(40)45)37-22-14-21-36(29-37)48-47(34-19-8-3-9-20-34)49-42-25-12-13-26-43(42)50-48/h1-9,11-22,24-31,48,50H,10,23H2. The fraction of sp³-hybridized carbons (Fsp3) is 0.0625.